The molecule has 0 saturated heterocycles. The van der Waals surface area contributed by atoms with E-state index in [0.29, 0.717) is 0 Å². The molecule has 0 radical (unpaired) electrons. The maximum absolute atomic E-state index is 13.5. The van der Waals surface area contributed by atoms with Crippen molar-refractivity contribution in [1.29, 1.82) is 0 Å². The van der Waals surface area contributed by atoms with Gasteiger partial charge in [0.05, 0.1) is 0 Å². The van der Waals surface area contributed by atoms with E-state index in [-0.39, 0.29) is 5.82 Å². The quantitative estimate of drug-likeness (QED) is 0.605. The largest absolute Gasteiger partial charge is 0.261 e. The van der Waals surface area contributed by atoms with Crippen LogP contribution in [0.4, 0.5) is 4.39 Å². The van der Waals surface area contributed by atoms with E-state index in [0.717, 1.165) is 27.8 Å². The Morgan fingerprint density at radius 1 is 0.950 bits per heavy atom. The van der Waals surface area contributed by atoms with Gasteiger partial charge in [-0.15, -0.1) is 0 Å². The first-order chi connectivity index (χ1) is 9.56. The number of nitrogens with zero attached hydrogens (tertiary/aromatic N) is 1. The van der Waals surface area contributed by atoms with Crippen LogP contribution >= 0.6 is 0 Å². The normalized spacial score (nSPS) is 11.0. The van der Waals surface area contributed by atoms with Gasteiger partial charge in [-0.2, -0.15) is 0 Å². The number of aromatic nitrogens is 1. The van der Waals surface area contributed by atoms with Crippen LogP contribution in [0.2, 0.25) is 0 Å². The van der Waals surface area contributed by atoms with Crippen molar-refractivity contribution in [3.8, 4) is 11.1 Å². The molecule has 1 heterocycles. The molecule has 0 saturated carbocycles. The Bertz CT molecular complexity index is 806. The average Bonchev–Trinajstić information content (AvgIpc) is 2.45. The van der Waals surface area contributed by atoms with Crippen molar-refractivity contribution in [2.45, 2.75) is 20.8 Å². The highest BCUT2D eigenvalue weighted by molar-refractivity contribution is 5.89. The predicted molar refractivity (Wildman–Crippen MR) is 81.3 cm³/mol. The lowest BCUT2D eigenvalue weighted by molar-refractivity contribution is 0.628. The summed E-state index contributed by atoms with van der Waals surface area (Å²) < 4.78 is 13.5. The Hall–Kier alpha value is -2.22. The summed E-state index contributed by atoms with van der Waals surface area (Å²) in [7, 11) is 0. The van der Waals surface area contributed by atoms with E-state index in [1.807, 2.05) is 26.1 Å². The summed E-state index contributed by atoms with van der Waals surface area (Å²) in [6.45, 7) is 6.09. The zero-order valence-corrected chi connectivity index (χ0v) is 11.9. The van der Waals surface area contributed by atoms with Crippen LogP contribution < -0.4 is 0 Å². The van der Waals surface area contributed by atoms with Gasteiger partial charge in [-0.05, 0) is 66.6 Å². The third-order valence-electron chi connectivity index (χ3n) is 3.91. The molecule has 0 fully saturated rings. The number of benzene rings is 2. The number of aryl methyl sites for hydroxylation is 3. The van der Waals surface area contributed by atoms with E-state index in [2.05, 4.69) is 30.1 Å². The van der Waals surface area contributed by atoms with Crippen LogP contribution in [0.15, 0.2) is 42.6 Å². The number of hydrogen-bond acceptors (Lipinski definition) is 1. The van der Waals surface area contributed by atoms with Crippen LogP contribution in [0.5, 0.6) is 0 Å². The summed E-state index contributed by atoms with van der Waals surface area (Å²) in [6.07, 6.45) is 1.88. The first-order valence-electron chi connectivity index (χ1n) is 6.69. The second kappa shape index (κ2) is 4.71. The molecule has 0 atom stereocenters. The third kappa shape index (κ3) is 2.07. The van der Waals surface area contributed by atoms with Gasteiger partial charge in [0.2, 0.25) is 0 Å². The summed E-state index contributed by atoms with van der Waals surface area (Å²) in [5, 5.41) is 2.30. The van der Waals surface area contributed by atoms with Gasteiger partial charge in [0.25, 0.3) is 0 Å². The Kier molecular flexibility index (Phi) is 3.01. The standard InChI is InChI=1S/C18H16FN/c1-11-4-6-16(19)9-18(11)14-5-7-17-12(2)13(3)20-10-15(17)8-14/h4-10H,1-3H3. The van der Waals surface area contributed by atoms with Gasteiger partial charge in [0.15, 0.2) is 0 Å². The first-order valence-corrected chi connectivity index (χ1v) is 6.69. The van der Waals surface area contributed by atoms with E-state index in [9.17, 15) is 4.39 Å². The van der Waals surface area contributed by atoms with Gasteiger partial charge in [-0.1, -0.05) is 18.2 Å². The molecule has 2 heteroatoms. The molecule has 0 unspecified atom stereocenters. The van der Waals surface area contributed by atoms with Gasteiger partial charge in [0, 0.05) is 17.3 Å². The number of pyridine rings is 1. The molecular formula is C18H16FN. The van der Waals surface area contributed by atoms with E-state index < -0.39 is 0 Å². The summed E-state index contributed by atoms with van der Waals surface area (Å²) in [6, 6.07) is 11.1. The maximum Gasteiger partial charge on any atom is 0.123 e. The zero-order valence-electron chi connectivity index (χ0n) is 11.9. The smallest absolute Gasteiger partial charge is 0.123 e. The first kappa shape index (κ1) is 12.8. The fraction of sp³-hybridized carbons (Fsp3) is 0.167. The van der Waals surface area contributed by atoms with E-state index in [4.69, 9.17) is 0 Å². The van der Waals surface area contributed by atoms with Crippen molar-refractivity contribution in [3.05, 3.63) is 65.2 Å². The topological polar surface area (TPSA) is 12.9 Å². The summed E-state index contributed by atoms with van der Waals surface area (Å²) in [4.78, 5) is 4.41. The third-order valence-corrected chi connectivity index (χ3v) is 3.91. The zero-order chi connectivity index (χ0) is 14.3. The molecule has 3 aromatic rings. The van der Waals surface area contributed by atoms with Crippen LogP contribution in [-0.4, -0.2) is 4.98 Å². The van der Waals surface area contributed by atoms with E-state index in [1.165, 1.54) is 17.0 Å². The van der Waals surface area contributed by atoms with Gasteiger partial charge >= 0.3 is 0 Å². The van der Waals surface area contributed by atoms with Crippen molar-refractivity contribution in [2.75, 3.05) is 0 Å². The van der Waals surface area contributed by atoms with Gasteiger partial charge in [0.1, 0.15) is 5.82 Å². The highest BCUT2D eigenvalue weighted by Crippen LogP contribution is 2.29. The lowest BCUT2D eigenvalue weighted by Gasteiger charge is -2.10. The van der Waals surface area contributed by atoms with Crippen molar-refractivity contribution >= 4 is 10.8 Å². The number of rotatable bonds is 1. The Morgan fingerprint density at radius 3 is 2.55 bits per heavy atom. The minimum absolute atomic E-state index is 0.205. The molecule has 0 aliphatic heterocycles. The molecule has 0 aliphatic carbocycles. The van der Waals surface area contributed by atoms with Gasteiger partial charge < -0.3 is 0 Å². The molecule has 100 valence electrons. The molecule has 2 aromatic carbocycles. The fourth-order valence-corrected chi connectivity index (χ4v) is 2.54. The number of fused-ring (bicyclic) bond motifs is 1. The van der Waals surface area contributed by atoms with Gasteiger partial charge in [-0.25, -0.2) is 4.39 Å². The summed E-state index contributed by atoms with van der Waals surface area (Å²) in [5.74, 6) is -0.205. The Morgan fingerprint density at radius 2 is 1.75 bits per heavy atom. The van der Waals surface area contributed by atoms with Crippen molar-refractivity contribution in [1.82, 2.24) is 4.98 Å². The van der Waals surface area contributed by atoms with Gasteiger partial charge in [-0.3, -0.25) is 4.98 Å². The van der Waals surface area contributed by atoms with E-state index in [1.54, 1.807) is 6.07 Å². The Balaban J connectivity index is 2.23. The second-order valence-electron chi connectivity index (χ2n) is 5.23. The van der Waals surface area contributed by atoms with E-state index >= 15 is 0 Å². The molecule has 0 spiro atoms. The fourth-order valence-electron chi connectivity index (χ4n) is 2.54. The SMILES string of the molecule is Cc1ccc(F)cc1-c1ccc2c(C)c(C)ncc2c1. The maximum atomic E-state index is 13.5. The minimum atomic E-state index is -0.205. The van der Waals surface area contributed by atoms with Crippen molar-refractivity contribution in [2.24, 2.45) is 0 Å². The summed E-state index contributed by atoms with van der Waals surface area (Å²) >= 11 is 0. The molecule has 1 aromatic heterocycles. The molecular weight excluding hydrogens is 249 g/mol. The molecule has 1 nitrogen and oxygen atoms in total. The monoisotopic (exact) mass is 265 g/mol. The lowest BCUT2D eigenvalue weighted by atomic mass is 9.97. The molecule has 0 aliphatic rings. The molecule has 0 bridgehead atoms. The van der Waals surface area contributed by atoms with Crippen LogP contribution in [-0.2, 0) is 0 Å². The molecule has 3 rings (SSSR count). The molecule has 0 amide bonds. The predicted octanol–water partition coefficient (Wildman–Crippen LogP) is 4.97. The molecule has 0 N–H and O–H groups in total. The van der Waals surface area contributed by atoms with Crippen LogP contribution in [0, 0.1) is 26.6 Å². The van der Waals surface area contributed by atoms with Crippen molar-refractivity contribution < 1.29 is 4.39 Å². The van der Waals surface area contributed by atoms with Crippen LogP contribution in [0.1, 0.15) is 16.8 Å². The number of halogens is 1. The average molecular weight is 265 g/mol. The highest BCUT2D eigenvalue weighted by Gasteiger charge is 2.07. The highest BCUT2D eigenvalue weighted by atomic mass is 19.1. The number of hydrogen-bond donors (Lipinski definition) is 0. The second-order valence-corrected chi connectivity index (χ2v) is 5.23. The summed E-state index contributed by atoms with van der Waals surface area (Å²) in [5.41, 5.74) is 5.28. The van der Waals surface area contributed by atoms with Crippen LogP contribution in [0.3, 0.4) is 0 Å². The van der Waals surface area contributed by atoms with Crippen molar-refractivity contribution in [3.63, 3.8) is 0 Å². The molecule has 20 heavy (non-hydrogen) atoms. The Labute approximate surface area is 118 Å². The lowest BCUT2D eigenvalue weighted by Crippen LogP contribution is -1.90. The van der Waals surface area contributed by atoms with Crippen LogP contribution in [0.25, 0.3) is 21.9 Å². The minimum Gasteiger partial charge on any atom is -0.261 e.